The Morgan fingerprint density at radius 1 is 1.00 bits per heavy atom. The summed E-state index contributed by atoms with van der Waals surface area (Å²) in [6.07, 6.45) is 1.33. The standard InChI is InChI=1S/C22H30N2O/c1-23(2)13-14-24-15-16-25-21(18-24)17-22(19-9-5-3-6-10-19)20-11-7-4-8-12-20/h3-12,21-22H,13-18H2,1-2H3/t21-/m1/s1. The van der Waals surface area contributed by atoms with E-state index in [-0.39, 0.29) is 0 Å². The lowest BCUT2D eigenvalue weighted by Gasteiger charge is -2.35. The van der Waals surface area contributed by atoms with E-state index in [1.807, 2.05) is 0 Å². The molecule has 3 rings (SSSR count). The zero-order valence-electron chi connectivity index (χ0n) is 15.5. The molecule has 2 aromatic carbocycles. The van der Waals surface area contributed by atoms with Gasteiger partial charge in [0.2, 0.25) is 0 Å². The van der Waals surface area contributed by atoms with Gasteiger partial charge >= 0.3 is 0 Å². The maximum Gasteiger partial charge on any atom is 0.0711 e. The lowest BCUT2D eigenvalue weighted by atomic mass is 9.86. The number of nitrogens with zero attached hydrogens (tertiary/aromatic N) is 2. The first-order valence-corrected chi connectivity index (χ1v) is 9.31. The Hall–Kier alpha value is -1.68. The molecule has 1 saturated heterocycles. The van der Waals surface area contributed by atoms with Gasteiger partial charge in [-0.05, 0) is 31.6 Å². The Bertz CT molecular complexity index is 575. The second-order valence-corrected chi connectivity index (χ2v) is 7.21. The summed E-state index contributed by atoms with van der Waals surface area (Å²) in [7, 11) is 4.28. The Morgan fingerprint density at radius 3 is 2.16 bits per heavy atom. The van der Waals surface area contributed by atoms with Gasteiger partial charge in [0.25, 0.3) is 0 Å². The molecule has 0 unspecified atom stereocenters. The molecule has 25 heavy (non-hydrogen) atoms. The smallest absolute Gasteiger partial charge is 0.0711 e. The van der Waals surface area contributed by atoms with E-state index in [0.717, 1.165) is 39.2 Å². The summed E-state index contributed by atoms with van der Waals surface area (Å²) in [5, 5.41) is 0. The highest BCUT2D eigenvalue weighted by atomic mass is 16.5. The van der Waals surface area contributed by atoms with Gasteiger partial charge in [0.05, 0.1) is 12.7 Å². The lowest BCUT2D eigenvalue weighted by Crippen LogP contribution is -2.45. The Labute approximate surface area is 152 Å². The topological polar surface area (TPSA) is 15.7 Å². The highest BCUT2D eigenvalue weighted by Crippen LogP contribution is 2.30. The number of benzene rings is 2. The molecule has 0 aromatic heterocycles. The molecule has 1 fully saturated rings. The van der Waals surface area contributed by atoms with Gasteiger partial charge in [-0.3, -0.25) is 4.90 Å². The molecule has 0 bridgehead atoms. The molecule has 134 valence electrons. The summed E-state index contributed by atoms with van der Waals surface area (Å²) >= 11 is 0. The molecule has 0 aliphatic carbocycles. The summed E-state index contributed by atoms with van der Waals surface area (Å²) in [6, 6.07) is 21.7. The number of rotatable bonds is 7. The van der Waals surface area contributed by atoms with Crippen LogP contribution >= 0.6 is 0 Å². The predicted molar refractivity (Wildman–Crippen MR) is 104 cm³/mol. The average molecular weight is 338 g/mol. The van der Waals surface area contributed by atoms with Crippen LogP contribution in [0.1, 0.15) is 23.5 Å². The van der Waals surface area contributed by atoms with Gasteiger partial charge in [-0.25, -0.2) is 0 Å². The molecule has 0 radical (unpaired) electrons. The molecule has 1 heterocycles. The van der Waals surface area contributed by atoms with E-state index in [2.05, 4.69) is 84.6 Å². The first-order chi connectivity index (χ1) is 12.2. The fraction of sp³-hybridized carbons (Fsp3) is 0.455. The van der Waals surface area contributed by atoms with Crippen molar-refractivity contribution < 1.29 is 4.74 Å². The van der Waals surface area contributed by atoms with Crippen molar-refractivity contribution in [2.45, 2.75) is 18.4 Å². The third-order valence-corrected chi connectivity index (χ3v) is 4.99. The normalized spacial score (nSPS) is 18.8. The molecule has 0 amide bonds. The van der Waals surface area contributed by atoms with Gasteiger partial charge in [-0.15, -0.1) is 0 Å². The molecule has 0 N–H and O–H groups in total. The molecule has 0 saturated carbocycles. The van der Waals surface area contributed by atoms with E-state index in [9.17, 15) is 0 Å². The molecule has 3 nitrogen and oxygen atoms in total. The van der Waals surface area contributed by atoms with Gasteiger partial charge in [0.15, 0.2) is 0 Å². The van der Waals surface area contributed by atoms with Crippen LogP contribution in [0, 0.1) is 0 Å². The number of hydrogen-bond acceptors (Lipinski definition) is 3. The van der Waals surface area contributed by atoms with E-state index in [1.165, 1.54) is 11.1 Å². The van der Waals surface area contributed by atoms with Crippen LogP contribution in [-0.4, -0.2) is 62.8 Å². The van der Waals surface area contributed by atoms with Crippen LogP contribution in [0.2, 0.25) is 0 Å². The Kier molecular flexibility index (Phi) is 6.62. The summed E-state index contributed by atoms with van der Waals surface area (Å²) in [6.45, 7) is 5.14. The predicted octanol–water partition coefficient (Wildman–Crippen LogP) is 3.47. The van der Waals surface area contributed by atoms with Crippen LogP contribution < -0.4 is 0 Å². The van der Waals surface area contributed by atoms with Crippen molar-refractivity contribution in [2.75, 3.05) is 46.9 Å². The minimum Gasteiger partial charge on any atom is -0.376 e. The van der Waals surface area contributed by atoms with Crippen molar-refractivity contribution in [1.29, 1.82) is 0 Å². The molecule has 2 aromatic rings. The molecule has 1 aliphatic heterocycles. The third-order valence-electron chi connectivity index (χ3n) is 4.99. The fourth-order valence-corrected chi connectivity index (χ4v) is 3.57. The quantitative estimate of drug-likeness (QED) is 0.769. The van der Waals surface area contributed by atoms with Crippen LogP contribution in [-0.2, 0) is 4.74 Å². The Balaban J connectivity index is 1.70. The minimum absolute atomic E-state index is 0.293. The molecular formula is C22H30N2O. The fourth-order valence-electron chi connectivity index (χ4n) is 3.57. The molecular weight excluding hydrogens is 308 g/mol. The van der Waals surface area contributed by atoms with E-state index < -0.39 is 0 Å². The van der Waals surface area contributed by atoms with Crippen LogP contribution in [0.3, 0.4) is 0 Å². The minimum atomic E-state index is 0.293. The van der Waals surface area contributed by atoms with Crippen molar-refractivity contribution in [1.82, 2.24) is 9.80 Å². The highest BCUT2D eigenvalue weighted by molar-refractivity contribution is 5.32. The third kappa shape index (κ3) is 5.40. The van der Waals surface area contributed by atoms with Gasteiger partial charge < -0.3 is 9.64 Å². The van der Waals surface area contributed by atoms with Crippen LogP contribution in [0.15, 0.2) is 60.7 Å². The zero-order valence-corrected chi connectivity index (χ0v) is 15.5. The number of hydrogen-bond donors (Lipinski definition) is 0. The van der Waals surface area contributed by atoms with E-state index in [0.29, 0.717) is 12.0 Å². The van der Waals surface area contributed by atoms with Gasteiger partial charge in [-0.1, -0.05) is 60.7 Å². The van der Waals surface area contributed by atoms with Gasteiger partial charge in [0.1, 0.15) is 0 Å². The zero-order chi connectivity index (χ0) is 17.5. The highest BCUT2D eigenvalue weighted by Gasteiger charge is 2.25. The van der Waals surface area contributed by atoms with Crippen molar-refractivity contribution in [3.63, 3.8) is 0 Å². The van der Waals surface area contributed by atoms with Gasteiger partial charge in [-0.2, -0.15) is 0 Å². The van der Waals surface area contributed by atoms with Gasteiger partial charge in [0, 0.05) is 32.1 Å². The van der Waals surface area contributed by atoms with Crippen molar-refractivity contribution in [2.24, 2.45) is 0 Å². The van der Waals surface area contributed by atoms with Crippen LogP contribution in [0.25, 0.3) is 0 Å². The lowest BCUT2D eigenvalue weighted by molar-refractivity contribution is -0.0348. The van der Waals surface area contributed by atoms with Crippen LogP contribution in [0.4, 0.5) is 0 Å². The monoisotopic (exact) mass is 338 g/mol. The molecule has 3 heteroatoms. The summed E-state index contributed by atoms with van der Waals surface area (Å²) in [5.74, 6) is 0.390. The maximum atomic E-state index is 6.13. The number of morpholine rings is 1. The first kappa shape index (κ1) is 18.1. The van der Waals surface area contributed by atoms with Crippen molar-refractivity contribution in [3.8, 4) is 0 Å². The summed E-state index contributed by atoms with van der Waals surface area (Å²) in [5.41, 5.74) is 2.76. The first-order valence-electron chi connectivity index (χ1n) is 9.31. The van der Waals surface area contributed by atoms with E-state index in [1.54, 1.807) is 0 Å². The molecule has 0 spiro atoms. The molecule has 1 aliphatic rings. The van der Waals surface area contributed by atoms with E-state index in [4.69, 9.17) is 4.74 Å². The van der Waals surface area contributed by atoms with Crippen molar-refractivity contribution in [3.05, 3.63) is 71.8 Å². The van der Waals surface area contributed by atoms with Crippen LogP contribution in [0.5, 0.6) is 0 Å². The van der Waals surface area contributed by atoms with E-state index >= 15 is 0 Å². The summed E-state index contributed by atoms with van der Waals surface area (Å²) < 4.78 is 6.13. The SMILES string of the molecule is CN(C)CCN1CCO[C@H](CC(c2ccccc2)c2ccccc2)C1. The number of likely N-dealkylation sites (N-methyl/N-ethyl adjacent to an activating group) is 1. The average Bonchev–Trinajstić information content (AvgIpc) is 2.66. The second-order valence-electron chi connectivity index (χ2n) is 7.21. The largest absolute Gasteiger partial charge is 0.376 e. The van der Waals surface area contributed by atoms with Crippen molar-refractivity contribution >= 4 is 0 Å². The second kappa shape index (κ2) is 9.14. The molecule has 1 atom stereocenters. The Morgan fingerprint density at radius 2 is 1.60 bits per heavy atom. The maximum absolute atomic E-state index is 6.13. The summed E-state index contributed by atoms with van der Waals surface area (Å²) in [4.78, 5) is 4.79. The number of ether oxygens (including phenoxy) is 1.